The molecule has 1 aliphatic heterocycles. The summed E-state index contributed by atoms with van der Waals surface area (Å²) in [7, 11) is 3.04. The first-order valence-corrected chi connectivity index (χ1v) is 8.78. The van der Waals surface area contributed by atoms with Crippen LogP contribution >= 0.6 is 0 Å². The molecule has 0 spiro atoms. The lowest BCUT2D eigenvalue weighted by atomic mass is 10.1. The zero-order valence-electron chi connectivity index (χ0n) is 15.7. The minimum atomic E-state index is -0.853. The first-order chi connectivity index (χ1) is 14.1. The van der Waals surface area contributed by atoms with Gasteiger partial charge in [-0.25, -0.2) is 4.68 Å². The van der Waals surface area contributed by atoms with Gasteiger partial charge in [-0.2, -0.15) is 4.98 Å². The molecule has 0 radical (unpaired) electrons. The van der Waals surface area contributed by atoms with Crippen LogP contribution < -0.4 is 20.1 Å². The van der Waals surface area contributed by atoms with E-state index >= 15 is 0 Å². The molecule has 1 atom stereocenters. The number of ether oxygens (including phenoxy) is 2. The highest BCUT2D eigenvalue weighted by molar-refractivity contribution is 6.01. The lowest BCUT2D eigenvalue weighted by Crippen LogP contribution is -2.36. The molecular weight excluding hydrogens is 376 g/mol. The minimum Gasteiger partial charge on any atom is -0.497 e. The Bertz CT molecular complexity index is 1040. The molecule has 1 aliphatic rings. The predicted molar refractivity (Wildman–Crippen MR) is 104 cm³/mol. The second-order valence-electron chi connectivity index (χ2n) is 6.30. The van der Waals surface area contributed by atoms with Crippen molar-refractivity contribution < 1.29 is 19.1 Å². The molecule has 10 nitrogen and oxygen atoms in total. The Hall–Kier alpha value is -3.95. The summed E-state index contributed by atoms with van der Waals surface area (Å²) < 4.78 is 11.9. The standard InChI is InChI=1S/C19H18N6O4/c1-28-13-6-12(7-14(8-13)29-2)21-18(27)15-9-16(26)22-19-23-17(24-25(15)19)11-4-3-5-20-10-11/h3-8,10,15H,9H2,1-2H3,(H,21,27)(H,22,23,24,26). The Morgan fingerprint density at radius 1 is 1.24 bits per heavy atom. The summed E-state index contributed by atoms with van der Waals surface area (Å²) in [6.07, 6.45) is 3.19. The van der Waals surface area contributed by atoms with E-state index in [1.807, 2.05) is 0 Å². The molecule has 10 heteroatoms. The van der Waals surface area contributed by atoms with Crippen molar-refractivity contribution in [1.82, 2.24) is 19.7 Å². The number of nitrogens with zero attached hydrogens (tertiary/aromatic N) is 4. The molecule has 29 heavy (non-hydrogen) atoms. The van der Waals surface area contributed by atoms with Gasteiger partial charge in [0.1, 0.15) is 17.5 Å². The number of aromatic nitrogens is 4. The van der Waals surface area contributed by atoms with E-state index in [1.165, 1.54) is 18.9 Å². The minimum absolute atomic E-state index is 0.0597. The number of carbonyl (C=O) groups excluding carboxylic acids is 2. The number of nitrogens with one attached hydrogen (secondary N) is 2. The lowest BCUT2D eigenvalue weighted by Gasteiger charge is -2.22. The molecule has 0 saturated carbocycles. The van der Waals surface area contributed by atoms with Gasteiger partial charge in [0.25, 0.3) is 0 Å². The second kappa shape index (κ2) is 7.58. The van der Waals surface area contributed by atoms with Gasteiger partial charge in [-0.05, 0) is 12.1 Å². The number of benzene rings is 1. The summed E-state index contributed by atoms with van der Waals surface area (Å²) in [6.45, 7) is 0. The molecule has 0 bridgehead atoms. The van der Waals surface area contributed by atoms with Crippen molar-refractivity contribution in [3.05, 3.63) is 42.7 Å². The number of pyridine rings is 1. The van der Waals surface area contributed by atoms with Crippen molar-refractivity contribution in [3.63, 3.8) is 0 Å². The molecule has 2 N–H and O–H groups in total. The van der Waals surface area contributed by atoms with Crippen LogP contribution in [0.2, 0.25) is 0 Å². The molecule has 4 rings (SSSR count). The Kier molecular flexibility index (Phi) is 4.82. The maximum Gasteiger partial charge on any atom is 0.249 e. The van der Waals surface area contributed by atoms with Gasteiger partial charge < -0.3 is 14.8 Å². The van der Waals surface area contributed by atoms with E-state index in [0.717, 1.165) is 0 Å². The third kappa shape index (κ3) is 3.72. The second-order valence-corrected chi connectivity index (χ2v) is 6.30. The van der Waals surface area contributed by atoms with Crippen LogP contribution in [0.5, 0.6) is 11.5 Å². The molecule has 0 fully saturated rings. The van der Waals surface area contributed by atoms with Crippen molar-refractivity contribution in [2.45, 2.75) is 12.5 Å². The van der Waals surface area contributed by atoms with E-state index in [1.54, 1.807) is 42.7 Å². The highest BCUT2D eigenvalue weighted by Gasteiger charge is 2.33. The number of rotatable bonds is 5. The lowest BCUT2D eigenvalue weighted by molar-refractivity contribution is -0.125. The molecular formula is C19H18N6O4. The SMILES string of the molecule is COc1cc(NC(=O)C2CC(=O)Nc3nc(-c4cccnc4)nn32)cc(OC)c1. The zero-order chi connectivity index (χ0) is 20.4. The maximum atomic E-state index is 12.9. The van der Waals surface area contributed by atoms with E-state index in [0.29, 0.717) is 28.6 Å². The number of fused-ring (bicyclic) bond motifs is 1. The van der Waals surface area contributed by atoms with E-state index in [4.69, 9.17) is 9.47 Å². The molecule has 0 saturated heterocycles. The summed E-state index contributed by atoms with van der Waals surface area (Å²) in [4.78, 5) is 33.4. The third-order valence-electron chi connectivity index (χ3n) is 4.40. The van der Waals surface area contributed by atoms with Crippen molar-refractivity contribution in [3.8, 4) is 22.9 Å². The van der Waals surface area contributed by atoms with Crippen LogP contribution in [0.25, 0.3) is 11.4 Å². The van der Waals surface area contributed by atoms with Gasteiger partial charge in [-0.15, -0.1) is 5.10 Å². The molecule has 1 aromatic carbocycles. The van der Waals surface area contributed by atoms with Crippen molar-refractivity contribution in [2.75, 3.05) is 24.9 Å². The highest BCUT2D eigenvalue weighted by atomic mass is 16.5. The van der Waals surface area contributed by atoms with Gasteiger partial charge in [0.2, 0.25) is 17.8 Å². The van der Waals surface area contributed by atoms with Gasteiger partial charge in [0.05, 0.1) is 20.6 Å². The van der Waals surface area contributed by atoms with Crippen LogP contribution in [0.1, 0.15) is 12.5 Å². The number of hydrogen-bond acceptors (Lipinski definition) is 7. The fourth-order valence-electron chi connectivity index (χ4n) is 2.99. The molecule has 2 amide bonds. The molecule has 1 unspecified atom stereocenters. The molecule has 148 valence electrons. The van der Waals surface area contributed by atoms with Gasteiger partial charge in [0.15, 0.2) is 5.82 Å². The van der Waals surface area contributed by atoms with Crippen LogP contribution in [-0.4, -0.2) is 45.8 Å². The number of hydrogen-bond donors (Lipinski definition) is 2. The highest BCUT2D eigenvalue weighted by Crippen LogP contribution is 2.29. The Morgan fingerprint density at radius 3 is 2.66 bits per heavy atom. The average molecular weight is 394 g/mol. The fraction of sp³-hybridized carbons (Fsp3) is 0.211. The van der Waals surface area contributed by atoms with Gasteiger partial charge >= 0.3 is 0 Å². The van der Waals surface area contributed by atoms with Crippen molar-refractivity contribution >= 4 is 23.5 Å². The van der Waals surface area contributed by atoms with Crippen LogP contribution in [0.4, 0.5) is 11.6 Å². The number of methoxy groups -OCH3 is 2. The summed E-state index contributed by atoms with van der Waals surface area (Å²) >= 11 is 0. The monoisotopic (exact) mass is 394 g/mol. The van der Waals surface area contributed by atoms with E-state index < -0.39 is 11.9 Å². The van der Waals surface area contributed by atoms with Crippen LogP contribution in [0, 0.1) is 0 Å². The molecule has 2 aromatic heterocycles. The maximum absolute atomic E-state index is 12.9. The normalized spacial score (nSPS) is 15.2. The van der Waals surface area contributed by atoms with E-state index in [9.17, 15) is 9.59 Å². The Labute approximate surface area is 165 Å². The van der Waals surface area contributed by atoms with Crippen LogP contribution in [0.15, 0.2) is 42.7 Å². The Balaban J connectivity index is 1.63. The summed E-state index contributed by atoms with van der Waals surface area (Å²) in [5, 5.41) is 9.84. The summed E-state index contributed by atoms with van der Waals surface area (Å²) in [6, 6.07) is 7.72. The summed E-state index contributed by atoms with van der Waals surface area (Å²) in [5.41, 5.74) is 1.16. The quantitative estimate of drug-likeness (QED) is 0.678. The van der Waals surface area contributed by atoms with Crippen molar-refractivity contribution in [2.24, 2.45) is 0 Å². The number of amides is 2. The fourth-order valence-corrected chi connectivity index (χ4v) is 2.99. The number of anilines is 2. The Morgan fingerprint density at radius 2 is 2.00 bits per heavy atom. The van der Waals surface area contributed by atoms with E-state index in [2.05, 4.69) is 25.7 Å². The number of carbonyl (C=O) groups is 2. The molecule has 3 aromatic rings. The smallest absolute Gasteiger partial charge is 0.249 e. The van der Waals surface area contributed by atoms with Gasteiger partial charge in [-0.1, -0.05) is 0 Å². The predicted octanol–water partition coefficient (Wildman–Crippen LogP) is 1.88. The largest absolute Gasteiger partial charge is 0.497 e. The third-order valence-corrected chi connectivity index (χ3v) is 4.40. The van der Waals surface area contributed by atoms with Crippen LogP contribution in [0.3, 0.4) is 0 Å². The van der Waals surface area contributed by atoms with Gasteiger partial charge in [0, 0.05) is 41.8 Å². The van der Waals surface area contributed by atoms with Gasteiger partial charge in [-0.3, -0.25) is 19.9 Å². The molecule has 3 heterocycles. The summed E-state index contributed by atoms with van der Waals surface area (Å²) in [5.74, 6) is 0.923. The van der Waals surface area contributed by atoms with E-state index in [-0.39, 0.29) is 18.3 Å². The zero-order valence-corrected chi connectivity index (χ0v) is 15.7. The van der Waals surface area contributed by atoms with Crippen molar-refractivity contribution in [1.29, 1.82) is 0 Å². The average Bonchev–Trinajstić information content (AvgIpc) is 3.17. The first-order valence-electron chi connectivity index (χ1n) is 8.78. The topological polar surface area (TPSA) is 120 Å². The molecule has 0 aliphatic carbocycles. The van der Waals surface area contributed by atoms with Crippen LogP contribution in [-0.2, 0) is 9.59 Å². The first kappa shape index (κ1) is 18.4.